The Bertz CT molecular complexity index is 445. The van der Waals surface area contributed by atoms with Crippen molar-refractivity contribution in [1.82, 2.24) is 15.0 Å². The smallest absolute Gasteiger partial charge is 0.130 e. The number of hydrogen-bond acceptors (Lipinski definition) is 3. The van der Waals surface area contributed by atoms with Crippen LogP contribution in [0.2, 0.25) is 0 Å². The fraction of sp³-hybridized carbons (Fsp3) is 0.200. The summed E-state index contributed by atoms with van der Waals surface area (Å²) in [6, 6.07) is 3.90. The molecule has 14 heavy (non-hydrogen) atoms. The summed E-state index contributed by atoms with van der Waals surface area (Å²) in [6.07, 6.45) is 1.86. The van der Waals surface area contributed by atoms with Gasteiger partial charge in [0, 0.05) is 11.8 Å². The number of nitrogen functional groups attached to an aromatic ring is 1. The van der Waals surface area contributed by atoms with Crippen LogP contribution in [-0.4, -0.2) is 15.0 Å². The molecule has 2 heterocycles. The van der Waals surface area contributed by atoms with Crippen molar-refractivity contribution in [2.75, 3.05) is 5.73 Å². The van der Waals surface area contributed by atoms with E-state index in [-0.39, 0.29) is 0 Å². The van der Waals surface area contributed by atoms with Gasteiger partial charge in [-0.15, -0.1) is 0 Å². The lowest BCUT2D eigenvalue weighted by Crippen LogP contribution is -2.02. The van der Waals surface area contributed by atoms with Crippen molar-refractivity contribution in [2.45, 2.75) is 13.8 Å². The molecule has 0 amide bonds. The Hall–Kier alpha value is -1.84. The molecule has 3 N–H and O–H groups in total. The Morgan fingerprint density at radius 2 is 2.07 bits per heavy atom. The van der Waals surface area contributed by atoms with Gasteiger partial charge in [0.1, 0.15) is 11.6 Å². The van der Waals surface area contributed by atoms with Crippen LogP contribution in [0.3, 0.4) is 0 Å². The van der Waals surface area contributed by atoms with Crippen molar-refractivity contribution in [3.05, 3.63) is 29.7 Å². The van der Waals surface area contributed by atoms with E-state index in [1.165, 1.54) is 0 Å². The van der Waals surface area contributed by atoms with Crippen LogP contribution < -0.4 is 5.73 Å². The number of anilines is 1. The Kier molecular flexibility index (Phi) is 1.96. The highest BCUT2D eigenvalue weighted by molar-refractivity contribution is 5.64. The van der Waals surface area contributed by atoms with Crippen LogP contribution in [0.5, 0.6) is 0 Å². The fourth-order valence-electron chi connectivity index (χ4n) is 1.39. The predicted molar refractivity (Wildman–Crippen MR) is 55.7 cm³/mol. The maximum Gasteiger partial charge on any atom is 0.130 e. The van der Waals surface area contributed by atoms with Crippen LogP contribution in [0.1, 0.15) is 11.4 Å². The highest BCUT2D eigenvalue weighted by Gasteiger charge is 2.08. The number of H-pyrrole nitrogens is 1. The standard InChI is InChI=1S/C10H12N4/c1-6-9(8-4-3-5-12-8)13-7(2)14-10(6)11/h3-5,12H,1-2H3,(H2,11,13,14). The molecule has 0 aliphatic carbocycles. The van der Waals surface area contributed by atoms with Crippen molar-refractivity contribution < 1.29 is 0 Å². The number of aryl methyl sites for hydroxylation is 1. The first-order valence-electron chi connectivity index (χ1n) is 4.43. The van der Waals surface area contributed by atoms with Gasteiger partial charge in [-0.25, -0.2) is 9.97 Å². The second-order valence-corrected chi connectivity index (χ2v) is 3.21. The van der Waals surface area contributed by atoms with Crippen LogP contribution in [0.25, 0.3) is 11.4 Å². The normalized spacial score (nSPS) is 10.4. The Labute approximate surface area is 82.2 Å². The predicted octanol–water partition coefficient (Wildman–Crippen LogP) is 1.67. The maximum absolute atomic E-state index is 5.76. The third kappa shape index (κ3) is 1.35. The topological polar surface area (TPSA) is 67.6 Å². The summed E-state index contributed by atoms with van der Waals surface area (Å²) in [5.41, 5.74) is 8.52. The fourth-order valence-corrected chi connectivity index (χ4v) is 1.39. The van der Waals surface area contributed by atoms with Crippen LogP contribution in [0, 0.1) is 13.8 Å². The third-order valence-corrected chi connectivity index (χ3v) is 2.15. The summed E-state index contributed by atoms with van der Waals surface area (Å²) in [7, 11) is 0. The Morgan fingerprint density at radius 1 is 1.29 bits per heavy atom. The summed E-state index contributed by atoms with van der Waals surface area (Å²) in [5.74, 6) is 1.24. The van der Waals surface area contributed by atoms with E-state index in [1.807, 2.05) is 32.2 Å². The molecule has 0 spiro atoms. The average Bonchev–Trinajstić information content (AvgIpc) is 2.63. The van der Waals surface area contributed by atoms with Crippen molar-refractivity contribution >= 4 is 5.82 Å². The van der Waals surface area contributed by atoms with E-state index in [0.29, 0.717) is 11.6 Å². The number of aromatic amines is 1. The second kappa shape index (κ2) is 3.14. The molecule has 2 rings (SSSR count). The largest absolute Gasteiger partial charge is 0.383 e. The molecule has 0 aromatic carbocycles. The first-order valence-corrected chi connectivity index (χ1v) is 4.43. The van der Waals surface area contributed by atoms with Crippen molar-refractivity contribution in [2.24, 2.45) is 0 Å². The molecule has 0 radical (unpaired) electrons. The zero-order valence-electron chi connectivity index (χ0n) is 8.20. The van der Waals surface area contributed by atoms with Gasteiger partial charge in [-0.05, 0) is 26.0 Å². The molecule has 0 bridgehead atoms. The molecule has 0 aliphatic rings. The molecule has 0 saturated carbocycles. The molecule has 0 unspecified atom stereocenters. The highest BCUT2D eigenvalue weighted by atomic mass is 15.0. The summed E-state index contributed by atoms with van der Waals surface area (Å²) < 4.78 is 0. The molecule has 4 nitrogen and oxygen atoms in total. The van der Waals surface area contributed by atoms with Gasteiger partial charge in [0.2, 0.25) is 0 Å². The van der Waals surface area contributed by atoms with Crippen molar-refractivity contribution in [1.29, 1.82) is 0 Å². The third-order valence-electron chi connectivity index (χ3n) is 2.15. The summed E-state index contributed by atoms with van der Waals surface area (Å²) >= 11 is 0. The van der Waals surface area contributed by atoms with Crippen LogP contribution >= 0.6 is 0 Å². The van der Waals surface area contributed by atoms with Gasteiger partial charge in [0.15, 0.2) is 0 Å². The molecule has 72 valence electrons. The zero-order chi connectivity index (χ0) is 10.1. The lowest BCUT2D eigenvalue weighted by atomic mass is 10.2. The van der Waals surface area contributed by atoms with Crippen LogP contribution in [0.4, 0.5) is 5.82 Å². The van der Waals surface area contributed by atoms with Gasteiger partial charge in [-0.3, -0.25) is 0 Å². The lowest BCUT2D eigenvalue weighted by Gasteiger charge is -2.06. The minimum atomic E-state index is 0.544. The monoisotopic (exact) mass is 188 g/mol. The molecular weight excluding hydrogens is 176 g/mol. The summed E-state index contributed by atoms with van der Waals surface area (Å²) in [6.45, 7) is 3.76. The van der Waals surface area contributed by atoms with Crippen LogP contribution in [0.15, 0.2) is 18.3 Å². The van der Waals surface area contributed by atoms with Crippen molar-refractivity contribution in [3.8, 4) is 11.4 Å². The lowest BCUT2D eigenvalue weighted by molar-refractivity contribution is 1.04. The summed E-state index contributed by atoms with van der Waals surface area (Å²) in [4.78, 5) is 11.6. The number of nitrogens with one attached hydrogen (secondary N) is 1. The van der Waals surface area contributed by atoms with Crippen LogP contribution in [-0.2, 0) is 0 Å². The Morgan fingerprint density at radius 3 is 2.71 bits per heavy atom. The first kappa shape index (κ1) is 8.74. The Balaban J connectivity index is 2.64. The molecule has 2 aromatic heterocycles. The van der Waals surface area contributed by atoms with Gasteiger partial charge >= 0.3 is 0 Å². The second-order valence-electron chi connectivity index (χ2n) is 3.21. The van der Waals surface area contributed by atoms with E-state index in [4.69, 9.17) is 5.73 Å². The van der Waals surface area contributed by atoms with Gasteiger partial charge in [0.25, 0.3) is 0 Å². The van der Waals surface area contributed by atoms with Crippen molar-refractivity contribution in [3.63, 3.8) is 0 Å². The molecule has 0 aliphatic heterocycles. The van der Waals surface area contributed by atoms with E-state index in [0.717, 1.165) is 17.0 Å². The van der Waals surface area contributed by atoms with Gasteiger partial charge in [-0.2, -0.15) is 0 Å². The van der Waals surface area contributed by atoms with Gasteiger partial charge in [0.05, 0.1) is 11.4 Å². The summed E-state index contributed by atoms with van der Waals surface area (Å²) in [5, 5.41) is 0. The maximum atomic E-state index is 5.76. The number of nitrogens with two attached hydrogens (primary N) is 1. The van der Waals surface area contributed by atoms with E-state index in [9.17, 15) is 0 Å². The number of aromatic nitrogens is 3. The molecule has 4 heteroatoms. The number of nitrogens with zero attached hydrogens (tertiary/aromatic N) is 2. The van der Waals surface area contributed by atoms with E-state index >= 15 is 0 Å². The molecule has 0 atom stereocenters. The van der Waals surface area contributed by atoms with E-state index in [1.54, 1.807) is 0 Å². The molecule has 2 aromatic rings. The van der Waals surface area contributed by atoms with E-state index in [2.05, 4.69) is 15.0 Å². The number of hydrogen-bond donors (Lipinski definition) is 2. The minimum absolute atomic E-state index is 0.544. The first-order chi connectivity index (χ1) is 6.68. The zero-order valence-corrected chi connectivity index (χ0v) is 8.20. The molecular formula is C10H12N4. The minimum Gasteiger partial charge on any atom is -0.383 e. The van der Waals surface area contributed by atoms with E-state index < -0.39 is 0 Å². The number of rotatable bonds is 1. The SMILES string of the molecule is Cc1nc(N)c(C)c(-c2ccc[nH]2)n1. The van der Waals surface area contributed by atoms with Gasteiger partial charge < -0.3 is 10.7 Å². The average molecular weight is 188 g/mol. The highest BCUT2D eigenvalue weighted by Crippen LogP contribution is 2.22. The molecule has 0 fully saturated rings. The quantitative estimate of drug-likeness (QED) is 0.715. The molecule has 0 saturated heterocycles. The van der Waals surface area contributed by atoms with Gasteiger partial charge in [-0.1, -0.05) is 0 Å².